The zero-order valence-corrected chi connectivity index (χ0v) is 8.96. The van der Waals surface area contributed by atoms with E-state index in [1.807, 2.05) is 49.4 Å². The van der Waals surface area contributed by atoms with Gasteiger partial charge in [-0.2, -0.15) is 10.2 Å². The zero-order chi connectivity index (χ0) is 11.4. The summed E-state index contributed by atoms with van der Waals surface area (Å²) in [5, 5.41) is 17.6. The molecular weight excluding hydrogens is 200 g/mol. The Morgan fingerprint density at radius 1 is 0.875 bits per heavy atom. The van der Waals surface area contributed by atoms with Gasteiger partial charge >= 0.3 is 0 Å². The van der Waals surface area contributed by atoms with Gasteiger partial charge in [-0.15, -0.1) is 0 Å². The van der Waals surface area contributed by atoms with Gasteiger partial charge < -0.3 is 5.11 Å². The van der Waals surface area contributed by atoms with Gasteiger partial charge in [0.25, 0.3) is 0 Å². The van der Waals surface area contributed by atoms with Crippen molar-refractivity contribution < 1.29 is 5.11 Å². The molecule has 16 heavy (non-hydrogen) atoms. The van der Waals surface area contributed by atoms with E-state index < -0.39 is 0 Å². The fraction of sp³-hybridized carbons (Fsp3) is 0.0769. The Hall–Kier alpha value is -2.16. The Labute approximate surface area is 94.1 Å². The molecule has 0 saturated heterocycles. The Bertz CT molecular complexity index is 507. The van der Waals surface area contributed by atoms with Crippen molar-refractivity contribution in [1.82, 2.24) is 0 Å². The number of benzene rings is 2. The molecular formula is C13H12N2O. The fourth-order valence-electron chi connectivity index (χ4n) is 1.27. The lowest BCUT2D eigenvalue weighted by atomic mass is 10.2. The molecule has 0 aliphatic rings. The Kier molecular flexibility index (Phi) is 2.96. The first-order valence-electron chi connectivity index (χ1n) is 5.02. The predicted molar refractivity (Wildman–Crippen MR) is 63.5 cm³/mol. The number of rotatable bonds is 2. The maximum Gasteiger partial charge on any atom is 0.120 e. The van der Waals surface area contributed by atoms with Crippen LogP contribution in [0, 0.1) is 6.92 Å². The van der Waals surface area contributed by atoms with Crippen molar-refractivity contribution >= 4 is 11.4 Å². The summed E-state index contributed by atoms with van der Waals surface area (Å²) in [6, 6.07) is 14.7. The van der Waals surface area contributed by atoms with E-state index in [-0.39, 0.29) is 5.75 Å². The van der Waals surface area contributed by atoms with Crippen LogP contribution in [0.25, 0.3) is 0 Å². The molecule has 0 amide bonds. The number of aryl methyl sites for hydroxylation is 1. The first-order valence-corrected chi connectivity index (χ1v) is 5.02. The van der Waals surface area contributed by atoms with Crippen LogP contribution in [0.15, 0.2) is 58.8 Å². The average molecular weight is 212 g/mol. The summed E-state index contributed by atoms with van der Waals surface area (Å²) < 4.78 is 0. The molecule has 2 aromatic rings. The molecule has 3 nitrogen and oxygen atoms in total. The van der Waals surface area contributed by atoms with E-state index in [2.05, 4.69) is 10.2 Å². The minimum Gasteiger partial charge on any atom is -0.508 e. The second-order valence-electron chi connectivity index (χ2n) is 3.51. The second-order valence-corrected chi connectivity index (χ2v) is 3.51. The smallest absolute Gasteiger partial charge is 0.120 e. The highest BCUT2D eigenvalue weighted by atomic mass is 16.3. The lowest BCUT2D eigenvalue weighted by Gasteiger charge is -1.98. The molecule has 0 aromatic heterocycles. The molecule has 0 bridgehead atoms. The van der Waals surface area contributed by atoms with Gasteiger partial charge in [0, 0.05) is 6.07 Å². The number of phenolic OH excluding ortho intramolecular Hbond substituents is 1. The lowest BCUT2D eigenvalue weighted by Crippen LogP contribution is -1.72. The quantitative estimate of drug-likeness (QED) is 0.748. The van der Waals surface area contributed by atoms with Crippen molar-refractivity contribution in [2.45, 2.75) is 6.92 Å². The standard InChI is InChI=1S/C13H12N2O/c1-10-7-8-12(9-13(10)16)15-14-11-5-3-2-4-6-11/h2-9,16H,1H3. The molecule has 2 aromatic carbocycles. The summed E-state index contributed by atoms with van der Waals surface area (Å²) in [5.41, 5.74) is 2.27. The number of phenols is 1. The van der Waals surface area contributed by atoms with E-state index >= 15 is 0 Å². The van der Waals surface area contributed by atoms with E-state index in [1.165, 1.54) is 0 Å². The summed E-state index contributed by atoms with van der Waals surface area (Å²) in [6.07, 6.45) is 0. The van der Waals surface area contributed by atoms with Crippen molar-refractivity contribution in [2.24, 2.45) is 10.2 Å². The van der Waals surface area contributed by atoms with Crippen LogP contribution >= 0.6 is 0 Å². The largest absolute Gasteiger partial charge is 0.508 e. The molecule has 2 rings (SSSR count). The SMILES string of the molecule is Cc1ccc(N=Nc2ccccc2)cc1O. The molecule has 3 heteroatoms. The Morgan fingerprint density at radius 2 is 1.56 bits per heavy atom. The van der Waals surface area contributed by atoms with Crippen LogP contribution in [0.5, 0.6) is 5.75 Å². The van der Waals surface area contributed by atoms with Crippen molar-refractivity contribution in [3.8, 4) is 5.75 Å². The van der Waals surface area contributed by atoms with Crippen LogP contribution in [-0.4, -0.2) is 5.11 Å². The molecule has 0 atom stereocenters. The summed E-state index contributed by atoms with van der Waals surface area (Å²) >= 11 is 0. The minimum atomic E-state index is 0.240. The monoisotopic (exact) mass is 212 g/mol. The van der Waals surface area contributed by atoms with Crippen molar-refractivity contribution in [3.63, 3.8) is 0 Å². The van der Waals surface area contributed by atoms with E-state index in [0.29, 0.717) is 5.69 Å². The molecule has 0 aliphatic heterocycles. The highest BCUT2D eigenvalue weighted by Crippen LogP contribution is 2.24. The highest BCUT2D eigenvalue weighted by molar-refractivity contribution is 5.47. The van der Waals surface area contributed by atoms with E-state index in [4.69, 9.17) is 0 Å². The summed E-state index contributed by atoms with van der Waals surface area (Å²) in [6.45, 7) is 1.84. The number of azo groups is 1. The van der Waals surface area contributed by atoms with Crippen LogP contribution in [0.1, 0.15) is 5.56 Å². The average Bonchev–Trinajstić information content (AvgIpc) is 2.32. The van der Waals surface area contributed by atoms with Gasteiger partial charge in [-0.1, -0.05) is 24.3 Å². The lowest BCUT2D eigenvalue weighted by molar-refractivity contribution is 0.471. The number of aromatic hydroxyl groups is 1. The topological polar surface area (TPSA) is 45.0 Å². The second kappa shape index (κ2) is 4.57. The molecule has 0 heterocycles. The van der Waals surface area contributed by atoms with Gasteiger partial charge in [-0.3, -0.25) is 0 Å². The highest BCUT2D eigenvalue weighted by Gasteiger charge is 1.96. The summed E-state index contributed by atoms with van der Waals surface area (Å²) in [4.78, 5) is 0. The van der Waals surface area contributed by atoms with Crippen LogP contribution in [0.2, 0.25) is 0 Å². The molecule has 1 N–H and O–H groups in total. The van der Waals surface area contributed by atoms with E-state index in [1.54, 1.807) is 6.07 Å². The van der Waals surface area contributed by atoms with Crippen LogP contribution in [0.3, 0.4) is 0 Å². The maximum absolute atomic E-state index is 9.50. The first-order chi connectivity index (χ1) is 7.75. The molecule has 0 fully saturated rings. The van der Waals surface area contributed by atoms with Gasteiger partial charge in [0.05, 0.1) is 11.4 Å². The van der Waals surface area contributed by atoms with Gasteiger partial charge in [-0.25, -0.2) is 0 Å². The minimum absolute atomic E-state index is 0.240. The fourth-order valence-corrected chi connectivity index (χ4v) is 1.27. The summed E-state index contributed by atoms with van der Waals surface area (Å²) in [7, 11) is 0. The number of hydrogen-bond donors (Lipinski definition) is 1. The van der Waals surface area contributed by atoms with E-state index in [0.717, 1.165) is 11.3 Å². The Morgan fingerprint density at radius 3 is 2.25 bits per heavy atom. The third-order valence-corrected chi connectivity index (χ3v) is 2.23. The first kappa shape index (κ1) is 10.4. The molecule has 0 aliphatic carbocycles. The zero-order valence-electron chi connectivity index (χ0n) is 8.96. The van der Waals surface area contributed by atoms with Crippen LogP contribution in [0.4, 0.5) is 11.4 Å². The van der Waals surface area contributed by atoms with Crippen LogP contribution in [-0.2, 0) is 0 Å². The van der Waals surface area contributed by atoms with Crippen molar-refractivity contribution in [1.29, 1.82) is 0 Å². The number of hydrogen-bond acceptors (Lipinski definition) is 3. The molecule has 80 valence electrons. The van der Waals surface area contributed by atoms with Gasteiger partial charge in [0.1, 0.15) is 5.75 Å². The maximum atomic E-state index is 9.50. The molecule has 0 saturated carbocycles. The molecule has 0 unspecified atom stereocenters. The van der Waals surface area contributed by atoms with Crippen LogP contribution < -0.4 is 0 Å². The third-order valence-electron chi connectivity index (χ3n) is 2.23. The van der Waals surface area contributed by atoms with Gasteiger partial charge in [-0.05, 0) is 30.7 Å². The molecule has 0 spiro atoms. The predicted octanol–water partition coefficient (Wildman–Crippen LogP) is 4.12. The number of nitrogens with zero attached hydrogens (tertiary/aromatic N) is 2. The van der Waals surface area contributed by atoms with Gasteiger partial charge in [0.15, 0.2) is 0 Å². The molecule has 0 radical (unpaired) electrons. The van der Waals surface area contributed by atoms with E-state index in [9.17, 15) is 5.11 Å². The third kappa shape index (κ3) is 2.45. The Balaban J connectivity index is 2.21. The summed E-state index contributed by atoms with van der Waals surface area (Å²) in [5.74, 6) is 0.240. The normalized spacial score (nSPS) is 10.8. The van der Waals surface area contributed by atoms with Gasteiger partial charge in [0.2, 0.25) is 0 Å². The van der Waals surface area contributed by atoms with Crippen molar-refractivity contribution in [3.05, 3.63) is 54.1 Å². The van der Waals surface area contributed by atoms with Crippen molar-refractivity contribution in [2.75, 3.05) is 0 Å².